The number of aromatic nitrogens is 2. The minimum Gasteiger partial charge on any atom is -0.478 e. The van der Waals surface area contributed by atoms with Gasteiger partial charge >= 0.3 is 0 Å². The first-order chi connectivity index (χ1) is 9.72. The number of halogens is 1. The summed E-state index contributed by atoms with van der Waals surface area (Å²) in [5.41, 5.74) is 1.56. The molecule has 1 aromatic heterocycles. The highest BCUT2D eigenvalue weighted by molar-refractivity contribution is 5.47. The summed E-state index contributed by atoms with van der Waals surface area (Å²) in [6.45, 7) is 4.97. The van der Waals surface area contributed by atoms with Crippen molar-refractivity contribution >= 4 is 5.82 Å². The van der Waals surface area contributed by atoms with Crippen LogP contribution in [0, 0.1) is 12.7 Å². The number of nitrogens with one attached hydrogen (secondary N) is 1. The van der Waals surface area contributed by atoms with E-state index in [9.17, 15) is 4.39 Å². The molecule has 0 fully saturated rings. The lowest BCUT2D eigenvalue weighted by atomic mass is 10.1. The van der Waals surface area contributed by atoms with Crippen molar-refractivity contribution in [2.24, 2.45) is 0 Å². The smallest absolute Gasteiger partial charge is 0.221 e. The quantitative estimate of drug-likeness (QED) is 0.880. The van der Waals surface area contributed by atoms with Crippen LogP contribution in [0.1, 0.15) is 18.1 Å². The second-order valence-corrected chi connectivity index (χ2v) is 4.35. The average Bonchev–Trinajstić information content (AvgIpc) is 2.45. The first-order valence-electron chi connectivity index (χ1n) is 6.64. The minimum atomic E-state index is -0.177. The van der Waals surface area contributed by atoms with Gasteiger partial charge in [0, 0.05) is 6.54 Å². The predicted octanol–water partition coefficient (Wildman–Crippen LogP) is 2.98. The van der Waals surface area contributed by atoms with E-state index in [2.05, 4.69) is 15.3 Å². The number of anilines is 1. The fraction of sp³-hybridized carbons (Fsp3) is 0.333. The zero-order valence-corrected chi connectivity index (χ0v) is 11.7. The normalized spacial score (nSPS) is 10.3. The molecule has 0 saturated heterocycles. The van der Waals surface area contributed by atoms with Crippen molar-refractivity contribution in [3.8, 4) is 5.88 Å². The van der Waals surface area contributed by atoms with E-state index >= 15 is 0 Å². The Labute approximate surface area is 118 Å². The Morgan fingerprint density at radius 3 is 2.80 bits per heavy atom. The van der Waals surface area contributed by atoms with E-state index in [4.69, 9.17) is 4.74 Å². The van der Waals surface area contributed by atoms with E-state index in [1.165, 1.54) is 12.4 Å². The molecule has 5 heteroatoms. The Balaban J connectivity index is 1.98. The van der Waals surface area contributed by atoms with Crippen LogP contribution in [0.15, 0.2) is 30.6 Å². The molecule has 106 valence electrons. The summed E-state index contributed by atoms with van der Waals surface area (Å²) in [7, 11) is 0. The third-order valence-electron chi connectivity index (χ3n) is 2.96. The zero-order chi connectivity index (χ0) is 14.4. The molecule has 4 nitrogen and oxygen atoms in total. The van der Waals surface area contributed by atoms with Crippen molar-refractivity contribution in [2.75, 3.05) is 18.5 Å². The molecule has 1 heterocycles. The summed E-state index contributed by atoms with van der Waals surface area (Å²) in [6, 6.07) is 6.78. The third kappa shape index (κ3) is 3.44. The van der Waals surface area contributed by atoms with Gasteiger partial charge in [-0.3, -0.25) is 0 Å². The van der Waals surface area contributed by atoms with E-state index < -0.39 is 0 Å². The molecular formula is C15H18FN3O. The Morgan fingerprint density at radius 1 is 1.25 bits per heavy atom. The van der Waals surface area contributed by atoms with E-state index in [0.717, 1.165) is 11.4 Å². The summed E-state index contributed by atoms with van der Waals surface area (Å²) >= 11 is 0. The van der Waals surface area contributed by atoms with Crippen molar-refractivity contribution < 1.29 is 9.13 Å². The second kappa shape index (κ2) is 6.84. The molecule has 0 amide bonds. The summed E-state index contributed by atoms with van der Waals surface area (Å²) in [4.78, 5) is 8.25. The molecule has 0 aliphatic heterocycles. The molecule has 0 aliphatic carbocycles. The first-order valence-corrected chi connectivity index (χ1v) is 6.64. The van der Waals surface area contributed by atoms with Gasteiger partial charge in [0.05, 0.1) is 12.2 Å². The van der Waals surface area contributed by atoms with Crippen molar-refractivity contribution in [3.63, 3.8) is 0 Å². The average molecular weight is 275 g/mol. The van der Waals surface area contributed by atoms with Gasteiger partial charge in [-0.05, 0) is 31.9 Å². The standard InChI is InChI=1S/C15H18FN3O/c1-3-20-15-11(2)14(18-10-19-15)17-9-8-12-6-4-5-7-13(12)16/h4-7,10H,3,8-9H2,1-2H3,(H,17,18,19). The lowest BCUT2D eigenvalue weighted by Gasteiger charge is -2.11. The van der Waals surface area contributed by atoms with Crippen molar-refractivity contribution in [1.82, 2.24) is 9.97 Å². The number of rotatable bonds is 6. The highest BCUT2D eigenvalue weighted by Crippen LogP contribution is 2.20. The van der Waals surface area contributed by atoms with Crippen LogP contribution in [-0.2, 0) is 6.42 Å². The Kier molecular flexibility index (Phi) is 4.87. The van der Waals surface area contributed by atoms with Crippen LogP contribution in [0.3, 0.4) is 0 Å². The van der Waals surface area contributed by atoms with Gasteiger partial charge in [-0.1, -0.05) is 18.2 Å². The molecule has 1 aromatic carbocycles. The molecule has 0 bridgehead atoms. The van der Waals surface area contributed by atoms with Gasteiger partial charge in [0.25, 0.3) is 0 Å². The van der Waals surface area contributed by atoms with E-state index in [-0.39, 0.29) is 5.82 Å². The maximum atomic E-state index is 13.5. The highest BCUT2D eigenvalue weighted by Gasteiger charge is 2.07. The lowest BCUT2D eigenvalue weighted by molar-refractivity contribution is 0.324. The lowest BCUT2D eigenvalue weighted by Crippen LogP contribution is -2.10. The topological polar surface area (TPSA) is 47.0 Å². The number of ether oxygens (including phenoxy) is 1. The SMILES string of the molecule is CCOc1ncnc(NCCc2ccccc2F)c1C. The fourth-order valence-corrected chi connectivity index (χ4v) is 1.91. The monoisotopic (exact) mass is 275 g/mol. The molecule has 2 rings (SSSR count). The van der Waals surface area contributed by atoms with Gasteiger partial charge in [-0.2, -0.15) is 0 Å². The highest BCUT2D eigenvalue weighted by atomic mass is 19.1. The summed E-state index contributed by atoms with van der Waals surface area (Å²) in [5.74, 6) is 1.12. The van der Waals surface area contributed by atoms with Crippen LogP contribution in [0.25, 0.3) is 0 Å². The molecule has 20 heavy (non-hydrogen) atoms. The van der Waals surface area contributed by atoms with Gasteiger partial charge in [-0.15, -0.1) is 0 Å². The molecule has 2 aromatic rings. The van der Waals surface area contributed by atoms with Crippen LogP contribution in [0.2, 0.25) is 0 Å². The fourth-order valence-electron chi connectivity index (χ4n) is 1.91. The van der Waals surface area contributed by atoms with Crippen LogP contribution >= 0.6 is 0 Å². The van der Waals surface area contributed by atoms with Gasteiger partial charge < -0.3 is 10.1 Å². The van der Waals surface area contributed by atoms with Gasteiger partial charge in [0.15, 0.2) is 0 Å². The molecular weight excluding hydrogens is 257 g/mol. The van der Waals surface area contributed by atoms with Crippen molar-refractivity contribution in [1.29, 1.82) is 0 Å². The zero-order valence-electron chi connectivity index (χ0n) is 11.7. The molecule has 1 N–H and O–H groups in total. The van der Waals surface area contributed by atoms with Crippen LogP contribution in [0.5, 0.6) is 5.88 Å². The third-order valence-corrected chi connectivity index (χ3v) is 2.96. The van der Waals surface area contributed by atoms with Gasteiger partial charge in [0.2, 0.25) is 5.88 Å². The van der Waals surface area contributed by atoms with Gasteiger partial charge in [0.1, 0.15) is 18.0 Å². The maximum absolute atomic E-state index is 13.5. The second-order valence-electron chi connectivity index (χ2n) is 4.35. The molecule has 0 saturated carbocycles. The number of benzene rings is 1. The summed E-state index contributed by atoms with van der Waals surface area (Å²) in [6.07, 6.45) is 2.06. The Hall–Kier alpha value is -2.17. The number of hydrogen-bond donors (Lipinski definition) is 1. The largest absolute Gasteiger partial charge is 0.478 e. The van der Waals surface area contributed by atoms with Crippen LogP contribution in [0.4, 0.5) is 10.2 Å². The van der Waals surface area contributed by atoms with E-state index in [1.807, 2.05) is 19.9 Å². The molecule has 0 radical (unpaired) electrons. The summed E-state index contributed by atoms with van der Waals surface area (Å²) in [5, 5.41) is 3.19. The van der Waals surface area contributed by atoms with E-state index in [0.29, 0.717) is 31.0 Å². The molecule has 0 atom stereocenters. The number of nitrogens with zero attached hydrogens (tertiary/aromatic N) is 2. The molecule has 0 aliphatic rings. The van der Waals surface area contributed by atoms with Crippen molar-refractivity contribution in [2.45, 2.75) is 20.3 Å². The molecule has 0 unspecified atom stereocenters. The Morgan fingerprint density at radius 2 is 2.05 bits per heavy atom. The number of hydrogen-bond acceptors (Lipinski definition) is 4. The molecule has 0 spiro atoms. The minimum absolute atomic E-state index is 0.177. The first kappa shape index (κ1) is 14.2. The van der Waals surface area contributed by atoms with Crippen LogP contribution < -0.4 is 10.1 Å². The van der Waals surface area contributed by atoms with Crippen molar-refractivity contribution in [3.05, 3.63) is 47.5 Å². The van der Waals surface area contributed by atoms with Gasteiger partial charge in [-0.25, -0.2) is 14.4 Å². The predicted molar refractivity (Wildman–Crippen MR) is 76.5 cm³/mol. The summed E-state index contributed by atoms with van der Waals surface area (Å²) < 4.78 is 18.9. The maximum Gasteiger partial charge on any atom is 0.221 e. The Bertz CT molecular complexity index is 575. The van der Waals surface area contributed by atoms with E-state index in [1.54, 1.807) is 12.1 Å². The van der Waals surface area contributed by atoms with Crippen LogP contribution in [-0.4, -0.2) is 23.1 Å².